The van der Waals surface area contributed by atoms with Crippen molar-refractivity contribution < 1.29 is 4.79 Å². The highest BCUT2D eigenvalue weighted by Gasteiger charge is 2.29. The Balaban J connectivity index is 0.00000176. The molecule has 0 spiro atoms. The van der Waals surface area contributed by atoms with Crippen LogP contribution in [-0.4, -0.2) is 40.1 Å². The van der Waals surface area contributed by atoms with Crippen molar-refractivity contribution in [2.45, 2.75) is 25.8 Å². The number of nitrogens with two attached hydrogens (primary N) is 1. The smallest absolute Gasteiger partial charge is 0.272 e. The minimum absolute atomic E-state index is 0. The van der Waals surface area contributed by atoms with Crippen molar-refractivity contribution >= 4 is 18.3 Å². The predicted molar refractivity (Wildman–Crippen MR) is 89.1 cm³/mol. The van der Waals surface area contributed by atoms with Crippen LogP contribution in [0.15, 0.2) is 30.3 Å². The Morgan fingerprint density at radius 1 is 1.41 bits per heavy atom. The van der Waals surface area contributed by atoms with E-state index in [2.05, 4.69) is 10.2 Å². The molecule has 1 saturated heterocycles. The molecule has 0 bridgehead atoms. The van der Waals surface area contributed by atoms with Gasteiger partial charge < -0.3 is 10.6 Å². The van der Waals surface area contributed by atoms with Crippen molar-refractivity contribution in [3.63, 3.8) is 0 Å². The summed E-state index contributed by atoms with van der Waals surface area (Å²) in [5.41, 5.74) is 9.27. The van der Waals surface area contributed by atoms with E-state index in [1.54, 1.807) is 0 Å². The standard InChI is InChI=1S/C16H20N4O.ClH/c1-11-4-6-12(7-5-11)14-9-15(19-18-14)16(21)20-8-2-3-13(20)10-17;/h4-7,9,13H,2-3,8,10,17H2,1H3,(H,18,19);1H. The molecule has 1 atom stereocenters. The number of aromatic nitrogens is 2. The second kappa shape index (κ2) is 6.94. The molecule has 1 unspecified atom stereocenters. The third-order valence-corrected chi connectivity index (χ3v) is 4.07. The summed E-state index contributed by atoms with van der Waals surface area (Å²) in [4.78, 5) is 14.4. The Morgan fingerprint density at radius 2 is 2.14 bits per heavy atom. The summed E-state index contributed by atoms with van der Waals surface area (Å²) in [6.45, 7) is 3.34. The molecule has 1 fully saturated rings. The molecular weight excluding hydrogens is 300 g/mol. The fraction of sp³-hybridized carbons (Fsp3) is 0.375. The average molecular weight is 321 g/mol. The second-order valence-corrected chi connectivity index (χ2v) is 5.56. The van der Waals surface area contributed by atoms with Crippen molar-refractivity contribution in [3.8, 4) is 11.3 Å². The maximum atomic E-state index is 12.5. The highest BCUT2D eigenvalue weighted by Crippen LogP contribution is 2.22. The summed E-state index contributed by atoms with van der Waals surface area (Å²) >= 11 is 0. The fourth-order valence-corrected chi connectivity index (χ4v) is 2.81. The Morgan fingerprint density at radius 3 is 2.82 bits per heavy atom. The van der Waals surface area contributed by atoms with Crippen LogP contribution >= 0.6 is 12.4 Å². The zero-order chi connectivity index (χ0) is 14.8. The normalized spacial score (nSPS) is 17.4. The van der Waals surface area contributed by atoms with E-state index in [4.69, 9.17) is 5.73 Å². The highest BCUT2D eigenvalue weighted by atomic mass is 35.5. The minimum Gasteiger partial charge on any atom is -0.333 e. The average Bonchev–Trinajstić information content (AvgIpc) is 3.16. The van der Waals surface area contributed by atoms with E-state index in [0.29, 0.717) is 12.2 Å². The lowest BCUT2D eigenvalue weighted by molar-refractivity contribution is 0.0735. The highest BCUT2D eigenvalue weighted by molar-refractivity contribution is 5.93. The van der Waals surface area contributed by atoms with Gasteiger partial charge in [0.1, 0.15) is 5.69 Å². The van der Waals surface area contributed by atoms with Crippen molar-refractivity contribution in [2.75, 3.05) is 13.1 Å². The van der Waals surface area contributed by atoms with Crippen LogP contribution in [0.2, 0.25) is 0 Å². The number of hydrogen-bond acceptors (Lipinski definition) is 3. The number of nitrogens with one attached hydrogen (secondary N) is 1. The van der Waals surface area contributed by atoms with Crippen molar-refractivity contribution in [2.24, 2.45) is 5.73 Å². The first-order valence-electron chi connectivity index (χ1n) is 7.32. The lowest BCUT2D eigenvalue weighted by atomic mass is 10.1. The molecule has 1 aromatic carbocycles. The van der Waals surface area contributed by atoms with Crippen molar-refractivity contribution in [1.82, 2.24) is 15.1 Å². The van der Waals surface area contributed by atoms with E-state index in [-0.39, 0.29) is 24.4 Å². The number of carbonyl (C=O) groups is 1. The Kier molecular flexibility index (Phi) is 5.21. The molecule has 0 radical (unpaired) electrons. The van der Waals surface area contributed by atoms with E-state index < -0.39 is 0 Å². The first kappa shape index (κ1) is 16.5. The molecule has 3 rings (SSSR count). The molecule has 1 aromatic heterocycles. The van der Waals surface area contributed by atoms with Gasteiger partial charge >= 0.3 is 0 Å². The molecule has 2 aromatic rings. The molecule has 5 nitrogen and oxygen atoms in total. The number of likely N-dealkylation sites (tertiary alicyclic amines) is 1. The maximum absolute atomic E-state index is 12.5. The number of carbonyl (C=O) groups excluding carboxylic acids is 1. The van der Waals surface area contributed by atoms with Gasteiger partial charge in [-0.1, -0.05) is 29.8 Å². The molecule has 0 saturated carbocycles. The van der Waals surface area contributed by atoms with Crippen LogP contribution in [0.5, 0.6) is 0 Å². The van der Waals surface area contributed by atoms with Crippen molar-refractivity contribution in [3.05, 3.63) is 41.6 Å². The van der Waals surface area contributed by atoms with Gasteiger partial charge in [-0.3, -0.25) is 9.89 Å². The van der Waals surface area contributed by atoms with E-state index >= 15 is 0 Å². The largest absolute Gasteiger partial charge is 0.333 e. The monoisotopic (exact) mass is 320 g/mol. The lowest BCUT2D eigenvalue weighted by Gasteiger charge is -2.22. The number of halogens is 1. The number of rotatable bonds is 3. The van der Waals surface area contributed by atoms with Crippen LogP contribution < -0.4 is 5.73 Å². The third-order valence-electron chi connectivity index (χ3n) is 4.07. The van der Waals surface area contributed by atoms with E-state index in [9.17, 15) is 4.79 Å². The van der Waals surface area contributed by atoms with E-state index in [1.807, 2.05) is 42.2 Å². The van der Waals surface area contributed by atoms with Crippen LogP contribution in [0.3, 0.4) is 0 Å². The maximum Gasteiger partial charge on any atom is 0.272 e. The van der Waals surface area contributed by atoms with Gasteiger partial charge in [0.15, 0.2) is 0 Å². The summed E-state index contributed by atoms with van der Waals surface area (Å²) in [6, 6.07) is 10.1. The van der Waals surface area contributed by atoms with Crippen LogP contribution in [0.25, 0.3) is 11.3 Å². The molecular formula is C16H21ClN4O. The van der Waals surface area contributed by atoms with Crippen LogP contribution in [0, 0.1) is 6.92 Å². The fourth-order valence-electron chi connectivity index (χ4n) is 2.81. The molecule has 2 heterocycles. The van der Waals surface area contributed by atoms with Crippen molar-refractivity contribution in [1.29, 1.82) is 0 Å². The Hall–Kier alpha value is -1.85. The number of hydrogen-bond donors (Lipinski definition) is 2. The first-order chi connectivity index (χ1) is 10.2. The van der Waals surface area contributed by atoms with Crippen LogP contribution in [-0.2, 0) is 0 Å². The molecule has 0 aliphatic carbocycles. The number of nitrogens with zero attached hydrogens (tertiary/aromatic N) is 2. The minimum atomic E-state index is -0.00573. The zero-order valence-electron chi connectivity index (χ0n) is 12.6. The SMILES string of the molecule is Cc1ccc(-c2cc(C(=O)N3CCCC3CN)[nH]n2)cc1.Cl. The number of benzene rings is 1. The molecule has 6 heteroatoms. The van der Waals surface area contributed by atoms with Crippen LogP contribution in [0.4, 0.5) is 0 Å². The summed E-state index contributed by atoms with van der Waals surface area (Å²) in [5.74, 6) is -0.00573. The second-order valence-electron chi connectivity index (χ2n) is 5.56. The summed E-state index contributed by atoms with van der Waals surface area (Å²) in [5, 5.41) is 7.11. The third kappa shape index (κ3) is 3.15. The molecule has 1 amide bonds. The molecule has 1 aliphatic rings. The van der Waals surface area contributed by atoms with Gasteiger partial charge in [0, 0.05) is 24.7 Å². The van der Waals surface area contributed by atoms with Gasteiger partial charge in [-0.25, -0.2) is 0 Å². The number of amides is 1. The predicted octanol–water partition coefficient (Wildman–Crippen LogP) is 2.37. The summed E-state index contributed by atoms with van der Waals surface area (Å²) in [6.07, 6.45) is 2.01. The summed E-state index contributed by atoms with van der Waals surface area (Å²) in [7, 11) is 0. The van der Waals surface area contributed by atoms with Gasteiger partial charge in [0.2, 0.25) is 0 Å². The van der Waals surface area contributed by atoms with E-state index in [1.165, 1.54) is 5.56 Å². The topological polar surface area (TPSA) is 75.0 Å². The zero-order valence-corrected chi connectivity index (χ0v) is 13.4. The number of aromatic amines is 1. The summed E-state index contributed by atoms with van der Waals surface area (Å²) < 4.78 is 0. The molecule has 22 heavy (non-hydrogen) atoms. The van der Waals surface area contributed by atoms with Crippen LogP contribution in [0.1, 0.15) is 28.9 Å². The Labute approximate surface area is 136 Å². The van der Waals surface area contributed by atoms with E-state index in [0.717, 1.165) is 30.6 Å². The van der Waals surface area contributed by atoms with Gasteiger partial charge in [-0.05, 0) is 25.8 Å². The number of aryl methyl sites for hydroxylation is 1. The first-order valence-corrected chi connectivity index (χ1v) is 7.32. The van der Waals surface area contributed by atoms with Gasteiger partial charge in [-0.15, -0.1) is 12.4 Å². The van der Waals surface area contributed by atoms with Gasteiger partial charge in [0.25, 0.3) is 5.91 Å². The Bertz CT molecular complexity index is 638. The molecule has 1 aliphatic heterocycles. The number of H-pyrrole nitrogens is 1. The molecule has 118 valence electrons. The van der Waals surface area contributed by atoms with Gasteiger partial charge in [-0.2, -0.15) is 5.10 Å². The lowest BCUT2D eigenvalue weighted by Crippen LogP contribution is -2.40. The van der Waals surface area contributed by atoms with Gasteiger partial charge in [0.05, 0.1) is 5.69 Å². The quantitative estimate of drug-likeness (QED) is 0.911. The molecule has 3 N–H and O–H groups in total.